The van der Waals surface area contributed by atoms with Crippen LogP contribution in [-0.2, 0) is 6.61 Å². The molecule has 5 aromatic rings. The molecule has 0 unspecified atom stereocenters. The van der Waals surface area contributed by atoms with Crippen molar-refractivity contribution in [2.75, 3.05) is 43.4 Å². The molecule has 3 aromatic carbocycles. The summed E-state index contributed by atoms with van der Waals surface area (Å²) in [6, 6.07) is 19.9. The molecule has 0 radical (unpaired) electrons. The number of nitrogens with one attached hydrogen (secondary N) is 1. The fourth-order valence-corrected chi connectivity index (χ4v) is 4.95. The Hall–Kier alpha value is -4.27. The molecule has 40 heavy (non-hydrogen) atoms. The van der Waals surface area contributed by atoms with Crippen molar-refractivity contribution in [2.24, 2.45) is 0 Å². The molecular weight excluding hydrogens is 527 g/mol. The first-order chi connectivity index (χ1) is 19.5. The van der Waals surface area contributed by atoms with E-state index in [-0.39, 0.29) is 12.4 Å². The Bertz CT molecular complexity index is 1640. The average Bonchev–Trinajstić information content (AvgIpc) is 2.97. The van der Waals surface area contributed by atoms with Crippen LogP contribution in [0.5, 0.6) is 5.75 Å². The first-order valence-electron chi connectivity index (χ1n) is 13.1. The van der Waals surface area contributed by atoms with Gasteiger partial charge in [-0.25, -0.2) is 14.4 Å². The fourth-order valence-electron chi connectivity index (χ4n) is 4.72. The number of nitrogens with zero attached hydrogens (tertiary/aromatic N) is 5. The van der Waals surface area contributed by atoms with Crippen molar-refractivity contribution in [3.05, 3.63) is 102 Å². The molecule has 1 aliphatic heterocycles. The van der Waals surface area contributed by atoms with Crippen LogP contribution in [0.25, 0.3) is 22.0 Å². The second kappa shape index (κ2) is 11.5. The molecule has 9 heteroatoms. The van der Waals surface area contributed by atoms with E-state index in [0.717, 1.165) is 71.1 Å². The average molecular weight is 555 g/mol. The fraction of sp³-hybridized carbons (Fsp3) is 0.194. The van der Waals surface area contributed by atoms with Crippen LogP contribution in [-0.4, -0.2) is 53.1 Å². The van der Waals surface area contributed by atoms with Crippen LogP contribution < -0.4 is 15.0 Å². The van der Waals surface area contributed by atoms with E-state index >= 15 is 0 Å². The summed E-state index contributed by atoms with van der Waals surface area (Å²) in [6.07, 6.45) is 5.53. The largest absolute Gasteiger partial charge is 0.487 e. The van der Waals surface area contributed by atoms with Crippen molar-refractivity contribution in [3.8, 4) is 16.9 Å². The molecule has 0 saturated carbocycles. The van der Waals surface area contributed by atoms with Crippen molar-refractivity contribution < 1.29 is 9.13 Å². The summed E-state index contributed by atoms with van der Waals surface area (Å²) in [4.78, 5) is 18.4. The number of anilines is 3. The number of halogens is 2. The second-order valence-corrected chi connectivity index (χ2v) is 10.2. The van der Waals surface area contributed by atoms with Crippen molar-refractivity contribution in [2.45, 2.75) is 6.61 Å². The Morgan fingerprint density at radius 3 is 2.50 bits per heavy atom. The highest BCUT2D eigenvalue weighted by molar-refractivity contribution is 6.32. The van der Waals surface area contributed by atoms with Gasteiger partial charge in [0.2, 0.25) is 5.95 Å². The number of piperazine rings is 1. The zero-order valence-electron chi connectivity index (χ0n) is 22.0. The third-order valence-corrected chi connectivity index (χ3v) is 7.29. The third kappa shape index (κ3) is 5.83. The molecule has 3 heterocycles. The summed E-state index contributed by atoms with van der Waals surface area (Å²) in [6.45, 7) is 4.12. The molecule has 0 amide bonds. The number of rotatable bonds is 7. The molecular formula is C31H28ClFN6O. The predicted molar refractivity (Wildman–Crippen MR) is 158 cm³/mol. The van der Waals surface area contributed by atoms with Gasteiger partial charge in [-0.2, -0.15) is 0 Å². The number of ether oxygens (including phenoxy) is 1. The summed E-state index contributed by atoms with van der Waals surface area (Å²) in [5.41, 5.74) is 5.26. The maximum Gasteiger partial charge on any atom is 0.225 e. The van der Waals surface area contributed by atoms with Crippen LogP contribution in [0.15, 0.2) is 85.3 Å². The van der Waals surface area contributed by atoms with E-state index < -0.39 is 0 Å². The van der Waals surface area contributed by atoms with Crippen LogP contribution >= 0.6 is 11.6 Å². The first kappa shape index (κ1) is 26.0. The molecule has 1 fully saturated rings. The predicted octanol–water partition coefficient (Wildman–Crippen LogP) is 6.56. The summed E-state index contributed by atoms with van der Waals surface area (Å²) < 4.78 is 19.2. The van der Waals surface area contributed by atoms with Gasteiger partial charge in [0.25, 0.3) is 0 Å². The highest BCUT2D eigenvalue weighted by Gasteiger charge is 2.16. The lowest BCUT2D eigenvalue weighted by molar-refractivity contribution is 0.306. The highest BCUT2D eigenvalue weighted by Crippen LogP contribution is 2.33. The number of pyridine rings is 1. The van der Waals surface area contributed by atoms with Gasteiger partial charge in [-0.15, -0.1) is 0 Å². The minimum Gasteiger partial charge on any atom is -0.487 e. The first-order valence-corrected chi connectivity index (χ1v) is 13.5. The summed E-state index contributed by atoms with van der Waals surface area (Å²) in [7, 11) is 2.13. The molecule has 0 atom stereocenters. The number of likely N-dealkylation sites (N-methyl/N-ethyl adjacent to an activating group) is 1. The number of benzene rings is 3. The maximum absolute atomic E-state index is 13.4. The minimum atomic E-state index is -0.295. The minimum absolute atomic E-state index is 0.227. The number of hydrogen-bond donors (Lipinski definition) is 1. The second-order valence-electron chi connectivity index (χ2n) is 9.84. The third-order valence-electron chi connectivity index (χ3n) is 6.99. The van der Waals surface area contributed by atoms with Crippen molar-refractivity contribution in [1.29, 1.82) is 0 Å². The van der Waals surface area contributed by atoms with Gasteiger partial charge in [0, 0.05) is 67.1 Å². The van der Waals surface area contributed by atoms with Gasteiger partial charge in [-0.3, -0.25) is 4.98 Å². The van der Waals surface area contributed by atoms with E-state index in [9.17, 15) is 4.39 Å². The molecule has 2 aromatic heterocycles. The van der Waals surface area contributed by atoms with Gasteiger partial charge in [0.05, 0.1) is 10.5 Å². The zero-order valence-corrected chi connectivity index (χ0v) is 22.8. The summed E-state index contributed by atoms with van der Waals surface area (Å²) >= 11 is 6.50. The van der Waals surface area contributed by atoms with Gasteiger partial charge in [0.1, 0.15) is 18.2 Å². The van der Waals surface area contributed by atoms with Gasteiger partial charge in [-0.1, -0.05) is 35.9 Å². The summed E-state index contributed by atoms with van der Waals surface area (Å²) in [5, 5.41) is 4.88. The normalized spacial score (nSPS) is 13.9. The molecule has 6 rings (SSSR count). The van der Waals surface area contributed by atoms with E-state index in [1.54, 1.807) is 18.3 Å². The van der Waals surface area contributed by atoms with E-state index in [1.807, 2.05) is 48.8 Å². The van der Waals surface area contributed by atoms with Crippen molar-refractivity contribution in [3.63, 3.8) is 0 Å². The van der Waals surface area contributed by atoms with Crippen molar-refractivity contribution in [1.82, 2.24) is 19.9 Å². The van der Waals surface area contributed by atoms with Crippen LogP contribution in [0.2, 0.25) is 5.02 Å². The molecule has 202 valence electrons. The van der Waals surface area contributed by atoms with Crippen molar-refractivity contribution >= 4 is 39.8 Å². The van der Waals surface area contributed by atoms with Gasteiger partial charge in [-0.05, 0) is 60.6 Å². The molecule has 1 aliphatic rings. The Kier molecular flexibility index (Phi) is 7.44. The Labute approximate surface area is 237 Å². The van der Waals surface area contributed by atoms with Crippen LogP contribution in [0.3, 0.4) is 0 Å². The lowest BCUT2D eigenvalue weighted by Crippen LogP contribution is -2.45. The van der Waals surface area contributed by atoms with E-state index in [1.165, 1.54) is 12.1 Å². The van der Waals surface area contributed by atoms with E-state index in [0.29, 0.717) is 10.8 Å². The van der Waals surface area contributed by atoms with E-state index in [2.05, 4.69) is 43.2 Å². The quantitative estimate of drug-likeness (QED) is 0.244. The van der Waals surface area contributed by atoms with Crippen LogP contribution in [0.1, 0.15) is 5.56 Å². The smallest absolute Gasteiger partial charge is 0.225 e. The Morgan fingerprint density at radius 2 is 1.73 bits per heavy atom. The maximum atomic E-state index is 13.4. The molecule has 0 spiro atoms. The molecule has 1 N–H and O–H groups in total. The number of fused-ring (bicyclic) bond motifs is 1. The number of aromatic nitrogens is 3. The van der Waals surface area contributed by atoms with Gasteiger partial charge < -0.3 is 19.9 Å². The lowest BCUT2D eigenvalue weighted by atomic mass is 10.1. The lowest BCUT2D eigenvalue weighted by Gasteiger charge is -2.32. The van der Waals surface area contributed by atoms with Crippen LogP contribution in [0, 0.1) is 5.82 Å². The van der Waals surface area contributed by atoms with E-state index in [4.69, 9.17) is 16.3 Å². The monoisotopic (exact) mass is 554 g/mol. The standard InChI is InChI=1S/C31H28ClFN6O/c1-38-11-13-39(14-12-38)31-35-18-23(19-36-31)22-5-7-26-28(9-10-34-29(26)16-22)37-25-6-8-30(27(32)17-25)40-20-21-3-2-4-24(33)15-21/h2-10,15-19H,11-14,20H2,1H3,(H,34,37). The SMILES string of the molecule is CN1CCN(c2ncc(-c3ccc4c(Nc5ccc(OCc6cccc(F)c6)c(Cl)c5)ccnc4c3)cn2)CC1. The molecule has 1 saturated heterocycles. The molecule has 7 nitrogen and oxygen atoms in total. The van der Waals surface area contributed by atoms with Crippen LogP contribution in [0.4, 0.5) is 21.7 Å². The van der Waals surface area contributed by atoms with Gasteiger partial charge >= 0.3 is 0 Å². The molecule has 0 bridgehead atoms. The van der Waals surface area contributed by atoms with Gasteiger partial charge in [0.15, 0.2) is 0 Å². The summed E-state index contributed by atoms with van der Waals surface area (Å²) in [5.74, 6) is 1.00. The Balaban J connectivity index is 1.16. The highest BCUT2D eigenvalue weighted by atomic mass is 35.5. The Morgan fingerprint density at radius 1 is 0.900 bits per heavy atom. The molecule has 0 aliphatic carbocycles. The number of hydrogen-bond acceptors (Lipinski definition) is 7. The topological polar surface area (TPSA) is 66.4 Å². The zero-order chi connectivity index (χ0) is 27.5.